The van der Waals surface area contributed by atoms with Crippen LogP contribution >= 0.6 is 0 Å². The van der Waals surface area contributed by atoms with Crippen molar-refractivity contribution in [3.8, 4) is 0 Å². The van der Waals surface area contributed by atoms with E-state index in [1.54, 1.807) is 0 Å². The Kier molecular flexibility index (Phi) is 5.98. The molecule has 1 aromatic rings. The number of carbonyl (C=O) groups excluding carboxylic acids is 1. The average molecular weight is 287 g/mol. The molecule has 116 valence electrons. The standard InChI is InChI=1S/C19H29NO/c1-14(2)15(12-13-20)10-11-19(21)18-8-6-17(7-9-18)16-4-3-5-16/h6-9,14-16H,3-5,10-13,20H2,1-2H3. The molecule has 0 spiro atoms. The van der Waals surface area contributed by atoms with Crippen molar-refractivity contribution >= 4 is 5.78 Å². The van der Waals surface area contributed by atoms with E-state index >= 15 is 0 Å². The van der Waals surface area contributed by atoms with Gasteiger partial charge in [-0.05, 0) is 55.5 Å². The number of hydrogen-bond donors (Lipinski definition) is 1. The van der Waals surface area contributed by atoms with Crippen molar-refractivity contribution in [2.24, 2.45) is 17.6 Å². The summed E-state index contributed by atoms with van der Waals surface area (Å²) in [7, 11) is 0. The molecular weight excluding hydrogens is 258 g/mol. The van der Waals surface area contributed by atoms with Crippen molar-refractivity contribution in [1.82, 2.24) is 0 Å². The predicted octanol–water partition coefficient (Wildman–Crippen LogP) is 4.54. The highest BCUT2D eigenvalue weighted by molar-refractivity contribution is 5.96. The first-order valence-corrected chi connectivity index (χ1v) is 8.45. The van der Waals surface area contributed by atoms with Gasteiger partial charge in [-0.3, -0.25) is 4.79 Å². The molecule has 0 aromatic heterocycles. The fraction of sp³-hybridized carbons (Fsp3) is 0.632. The van der Waals surface area contributed by atoms with Gasteiger partial charge in [0.2, 0.25) is 0 Å². The van der Waals surface area contributed by atoms with Gasteiger partial charge in [0.05, 0.1) is 0 Å². The van der Waals surface area contributed by atoms with E-state index in [9.17, 15) is 4.79 Å². The highest BCUT2D eigenvalue weighted by atomic mass is 16.1. The molecule has 1 aromatic carbocycles. The van der Waals surface area contributed by atoms with Crippen LogP contribution in [0.5, 0.6) is 0 Å². The highest BCUT2D eigenvalue weighted by Gasteiger charge is 2.20. The van der Waals surface area contributed by atoms with Gasteiger partial charge in [-0.1, -0.05) is 44.5 Å². The summed E-state index contributed by atoms with van der Waals surface area (Å²) in [6.07, 6.45) is 6.59. The molecule has 2 heteroatoms. The minimum atomic E-state index is 0.276. The van der Waals surface area contributed by atoms with E-state index in [0.29, 0.717) is 24.8 Å². The Hall–Kier alpha value is -1.15. The van der Waals surface area contributed by atoms with Gasteiger partial charge in [-0.2, -0.15) is 0 Å². The molecule has 0 radical (unpaired) electrons. The molecular formula is C19H29NO. The first-order valence-electron chi connectivity index (χ1n) is 8.45. The number of hydrogen-bond acceptors (Lipinski definition) is 2. The zero-order valence-electron chi connectivity index (χ0n) is 13.5. The molecule has 0 amide bonds. The summed E-state index contributed by atoms with van der Waals surface area (Å²) in [5, 5.41) is 0. The van der Waals surface area contributed by atoms with E-state index in [-0.39, 0.29) is 5.78 Å². The first kappa shape index (κ1) is 16.2. The molecule has 1 aliphatic rings. The van der Waals surface area contributed by atoms with Crippen LogP contribution in [-0.2, 0) is 0 Å². The molecule has 1 saturated carbocycles. The summed E-state index contributed by atoms with van der Waals surface area (Å²) in [6, 6.07) is 8.33. The maximum absolute atomic E-state index is 12.3. The second-order valence-electron chi connectivity index (χ2n) is 6.79. The number of ketones is 1. The third-order valence-electron chi connectivity index (χ3n) is 5.03. The van der Waals surface area contributed by atoms with Crippen molar-refractivity contribution in [3.05, 3.63) is 35.4 Å². The predicted molar refractivity (Wildman–Crippen MR) is 88.6 cm³/mol. The molecule has 1 unspecified atom stereocenters. The first-order chi connectivity index (χ1) is 10.1. The van der Waals surface area contributed by atoms with Gasteiger partial charge < -0.3 is 5.73 Å². The molecule has 0 bridgehead atoms. The zero-order chi connectivity index (χ0) is 15.2. The topological polar surface area (TPSA) is 43.1 Å². The number of nitrogens with two attached hydrogens (primary N) is 1. The molecule has 2 rings (SSSR count). The van der Waals surface area contributed by atoms with Crippen LogP contribution in [0.1, 0.15) is 74.2 Å². The third kappa shape index (κ3) is 4.41. The Labute approximate surface area is 129 Å². The van der Waals surface area contributed by atoms with Gasteiger partial charge in [-0.25, -0.2) is 0 Å². The third-order valence-corrected chi connectivity index (χ3v) is 5.03. The second kappa shape index (κ2) is 7.74. The molecule has 2 nitrogen and oxygen atoms in total. The smallest absolute Gasteiger partial charge is 0.162 e. The Bertz CT molecular complexity index is 445. The van der Waals surface area contributed by atoms with Crippen molar-refractivity contribution in [2.75, 3.05) is 6.54 Å². The summed E-state index contributed by atoms with van der Waals surface area (Å²) < 4.78 is 0. The van der Waals surface area contributed by atoms with Crippen LogP contribution in [0.2, 0.25) is 0 Å². The maximum Gasteiger partial charge on any atom is 0.162 e. The van der Waals surface area contributed by atoms with Crippen LogP contribution in [0.15, 0.2) is 24.3 Å². The fourth-order valence-corrected chi connectivity index (χ4v) is 3.17. The van der Waals surface area contributed by atoms with Gasteiger partial charge in [0, 0.05) is 12.0 Å². The SMILES string of the molecule is CC(C)C(CCN)CCC(=O)c1ccc(C2CCC2)cc1. The summed E-state index contributed by atoms with van der Waals surface area (Å²) >= 11 is 0. The van der Waals surface area contributed by atoms with E-state index in [1.807, 2.05) is 12.1 Å². The number of benzene rings is 1. The van der Waals surface area contributed by atoms with E-state index in [1.165, 1.54) is 24.8 Å². The summed E-state index contributed by atoms with van der Waals surface area (Å²) in [6.45, 7) is 5.16. The maximum atomic E-state index is 12.3. The number of carbonyl (C=O) groups is 1. The van der Waals surface area contributed by atoms with Crippen LogP contribution in [0.4, 0.5) is 0 Å². The van der Waals surface area contributed by atoms with E-state index in [2.05, 4.69) is 26.0 Å². The largest absolute Gasteiger partial charge is 0.330 e. The lowest BCUT2D eigenvalue weighted by Crippen LogP contribution is -2.16. The molecule has 21 heavy (non-hydrogen) atoms. The van der Waals surface area contributed by atoms with Gasteiger partial charge in [0.15, 0.2) is 5.78 Å². The molecule has 2 N–H and O–H groups in total. The summed E-state index contributed by atoms with van der Waals surface area (Å²) in [4.78, 5) is 12.3. The van der Waals surface area contributed by atoms with Crippen molar-refractivity contribution < 1.29 is 4.79 Å². The number of rotatable bonds is 8. The quantitative estimate of drug-likeness (QED) is 0.713. The minimum Gasteiger partial charge on any atom is -0.330 e. The van der Waals surface area contributed by atoms with Crippen LogP contribution in [0.25, 0.3) is 0 Å². The van der Waals surface area contributed by atoms with Gasteiger partial charge in [0.1, 0.15) is 0 Å². The molecule has 0 heterocycles. The fourth-order valence-electron chi connectivity index (χ4n) is 3.17. The highest BCUT2D eigenvalue weighted by Crippen LogP contribution is 2.36. The Morgan fingerprint density at radius 3 is 2.33 bits per heavy atom. The van der Waals surface area contributed by atoms with Crippen molar-refractivity contribution in [3.63, 3.8) is 0 Å². The summed E-state index contributed by atoms with van der Waals surface area (Å²) in [5.41, 5.74) is 7.94. The molecule has 0 aliphatic heterocycles. The monoisotopic (exact) mass is 287 g/mol. The summed E-state index contributed by atoms with van der Waals surface area (Å²) in [5.74, 6) is 2.18. The second-order valence-corrected chi connectivity index (χ2v) is 6.79. The van der Waals surface area contributed by atoms with Crippen LogP contribution in [0, 0.1) is 11.8 Å². The molecule has 1 aliphatic carbocycles. The zero-order valence-corrected chi connectivity index (χ0v) is 13.5. The lowest BCUT2D eigenvalue weighted by atomic mass is 9.80. The van der Waals surface area contributed by atoms with Gasteiger partial charge in [-0.15, -0.1) is 0 Å². The van der Waals surface area contributed by atoms with Crippen LogP contribution in [-0.4, -0.2) is 12.3 Å². The van der Waals surface area contributed by atoms with Gasteiger partial charge >= 0.3 is 0 Å². The van der Waals surface area contributed by atoms with Crippen molar-refractivity contribution in [2.45, 2.75) is 58.3 Å². The molecule has 1 atom stereocenters. The van der Waals surface area contributed by atoms with Crippen LogP contribution in [0.3, 0.4) is 0 Å². The van der Waals surface area contributed by atoms with E-state index < -0.39 is 0 Å². The van der Waals surface area contributed by atoms with Crippen molar-refractivity contribution in [1.29, 1.82) is 0 Å². The Morgan fingerprint density at radius 2 is 1.86 bits per heavy atom. The molecule has 1 fully saturated rings. The minimum absolute atomic E-state index is 0.276. The molecule has 0 saturated heterocycles. The van der Waals surface area contributed by atoms with Gasteiger partial charge in [0.25, 0.3) is 0 Å². The Morgan fingerprint density at radius 1 is 1.19 bits per heavy atom. The average Bonchev–Trinajstić information content (AvgIpc) is 2.41. The lowest BCUT2D eigenvalue weighted by Gasteiger charge is -2.25. The van der Waals surface area contributed by atoms with E-state index in [4.69, 9.17) is 5.73 Å². The van der Waals surface area contributed by atoms with Crippen LogP contribution < -0.4 is 5.73 Å². The Balaban J connectivity index is 1.87. The lowest BCUT2D eigenvalue weighted by molar-refractivity contribution is 0.0969. The number of Topliss-reactive ketones (excluding diaryl/α,β-unsaturated/α-hetero) is 1. The van der Waals surface area contributed by atoms with E-state index in [0.717, 1.165) is 24.3 Å². The normalized spacial score (nSPS) is 16.8.